The molecular weight excluding hydrogens is 274 g/mol. The maximum absolute atomic E-state index is 4.81. The van der Waals surface area contributed by atoms with E-state index in [9.17, 15) is 0 Å². The standard InChI is InChI=1S/C17H19N5/c1-12-7-4-5-8-13(12)20-16-15-17(19-11-18-16)22-10-6-2-3-9-14(22)21-15/h4-5,7-8,11H,2-3,6,9-10H2,1H3,(H,18,19,20). The fourth-order valence-electron chi connectivity index (χ4n) is 3.07. The number of aromatic nitrogens is 4. The lowest BCUT2D eigenvalue weighted by Gasteiger charge is -2.08. The summed E-state index contributed by atoms with van der Waals surface area (Å²) in [6.07, 6.45) is 6.33. The zero-order valence-electron chi connectivity index (χ0n) is 12.7. The Hall–Kier alpha value is -2.43. The fraction of sp³-hybridized carbons (Fsp3) is 0.353. The Morgan fingerprint density at radius 2 is 2.00 bits per heavy atom. The first-order valence-electron chi connectivity index (χ1n) is 7.86. The van der Waals surface area contributed by atoms with Gasteiger partial charge in [0.05, 0.1) is 0 Å². The second kappa shape index (κ2) is 5.40. The SMILES string of the molecule is Cc1ccccc1Nc1ncnc2c1nc1n2CCCCC1. The number of benzene rings is 1. The van der Waals surface area contributed by atoms with Crippen molar-refractivity contribution in [2.24, 2.45) is 0 Å². The molecule has 0 radical (unpaired) electrons. The molecule has 1 aliphatic heterocycles. The Bertz CT molecular complexity index is 821. The highest BCUT2D eigenvalue weighted by Gasteiger charge is 2.17. The Morgan fingerprint density at radius 1 is 1.09 bits per heavy atom. The Labute approximate surface area is 129 Å². The second-order valence-corrected chi connectivity index (χ2v) is 5.82. The number of hydrogen-bond acceptors (Lipinski definition) is 4. The predicted molar refractivity (Wildman–Crippen MR) is 87.3 cm³/mol. The van der Waals surface area contributed by atoms with Crippen molar-refractivity contribution in [3.8, 4) is 0 Å². The van der Waals surface area contributed by atoms with Gasteiger partial charge in [-0.05, 0) is 31.4 Å². The Balaban J connectivity index is 1.80. The average molecular weight is 293 g/mol. The summed E-state index contributed by atoms with van der Waals surface area (Å²) in [5.41, 5.74) is 4.08. The zero-order chi connectivity index (χ0) is 14.9. The summed E-state index contributed by atoms with van der Waals surface area (Å²) in [5.74, 6) is 1.93. The third-order valence-corrected chi connectivity index (χ3v) is 4.29. The van der Waals surface area contributed by atoms with E-state index in [1.165, 1.54) is 24.8 Å². The predicted octanol–water partition coefficient (Wildman–Crippen LogP) is 3.60. The van der Waals surface area contributed by atoms with Crippen molar-refractivity contribution < 1.29 is 0 Å². The molecule has 5 nitrogen and oxygen atoms in total. The monoisotopic (exact) mass is 293 g/mol. The molecule has 0 saturated heterocycles. The number of aryl methyl sites for hydroxylation is 3. The molecule has 112 valence electrons. The van der Waals surface area contributed by atoms with Crippen LogP contribution in [0.3, 0.4) is 0 Å². The number of imidazole rings is 1. The summed E-state index contributed by atoms with van der Waals surface area (Å²) in [6, 6.07) is 8.21. The lowest BCUT2D eigenvalue weighted by Crippen LogP contribution is -2.02. The first kappa shape index (κ1) is 13.2. The molecule has 0 amide bonds. The molecule has 5 heteroatoms. The summed E-state index contributed by atoms with van der Waals surface area (Å²) in [6.45, 7) is 3.09. The van der Waals surface area contributed by atoms with Crippen LogP contribution in [0.5, 0.6) is 0 Å². The number of nitrogens with one attached hydrogen (secondary N) is 1. The van der Waals surface area contributed by atoms with Crippen LogP contribution < -0.4 is 5.32 Å². The van der Waals surface area contributed by atoms with E-state index in [2.05, 4.69) is 38.9 Å². The highest BCUT2D eigenvalue weighted by atomic mass is 15.2. The smallest absolute Gasteiger partial charge is 0.165 e. The van der Waals surface area contributed by atoms with Gasteiger partial charge in [0.25, 0.3) is 0 Å². The average Bonchev–Trinajstić information content (AvgIpc) is 2.73. The Kier molecular flexibility index (Phi) is 3.25. The van der Waals surface area contributed by atoms with Crippen molar-refractivity contribution in [3.05, 3.63) is 42.0 Å². The normalized spacial score (nSPS) is 14.6. The largest absolute Gasteiger partial charge is 0.338 e. The molecule has 0 unspecified atom stereocenters. The van der Waals surface area contributed by atoms with Crippen molar-refractivity contribution >= 4 is 22.7 Å². The minimum Gasteiger partial charge on any atom is -0.338 e. The first-order chi connectivity index (χ1) is 10.8. The van der Waals surface area contributed by atoms with Gasteiger partial charge in [-0.1, -0.05) is 24.6 Å². The molecule has 0 aliphatic carbocycles. The van der Waals surface area contributed by atoms with Crippen LogP contribution in [0, 0.1) is 6.92 Å². The molecule has 1 N–H and O–H groups in total. The van der Waals surface area contributed by atoms with Gasteiger partial charge >= 0.3 is 0 Å². The van der Waals surface area contributed by atoms with Gasteiger partial charge in [-0.2, -0.15) is 0 Å². The van der Waals surface area contributed by atoms with Gasteiger partial charge in [-0.25, -0.2) is 15.0 Å². The molecule has 0 atom stereocenters. The van der Waals surface area contributed by atoms with E-state index in [-0.39, 0.29) is 0 Å². The molecular formula is C17H19N5. The van der Waals surface area contributed by atoms with Crippen LogP contribution in [0.4, 0.5) is 11.5 Å². The van der Waals surface area contributed by atoms with E-state index in [0.717, 1.165) is 41.5 Å². The number of para-hydroxylation sites is 1. The molecule has 4 rings (SSSR count). The van der Waals surface area contributed by atoms with Gasteiger partial charge in [-0.3, -0.25) is 0 Å². The number of fused-ring (bicyclic) bond motifs is 3. The Morgan fingerprint density at radius 3 is 2.91 bits per heavy atom. The lowest BCUT2D eigenvalue weighted by molar-refractivity contribution is 0.643. The van der Waals surface area contributed by atoms with E-state index in [1.807, 2.05) is 12.1 Å². The van der Waals surface area contributed by atoms with Crippen LogP contribution in [-0.2, 0) is 13.0 Å². The minimum atomic E-state index is 0.792. The quantitative estimate of drug-likeness (QED) is 0.784. The zero-order valence-corrected chi connectivity index (χ0v) is 12.7. The van der Waals surface area contributed by atoms with Crippen LogP contribution in [0.1, 0.15) is 30.7 Å². The number of anilines is 2. The summed E-state index contributed by atoms with van der Waals surface area (Å²) in [7, 11) is 0. The van der Waals surface area contributed by atoms with Gasteiger partial charge in [0.15, 0.2) is 17.0 Å². The molecule has 0 fully saturated rings. The van der Waals surface area contributed by atoms with Gasteiger partial charge in [0, 0.05) is 18.7 Å². The highest BCUT2D eigenvalue weighted by molar-refractivity contribution is 5.86. The van der Waals surface area contributed by atoms with Gasteiger partial charge in [0.1, 0.15) is 12.2 Å². The van der Waals surface area contributed by atoms with Crippen LogP contribution in [0.2, 0.25) is 0 Å². The lowest BCUT2D eigenvalue weighted by atomic mass is 10.2. The van der Waals surface area contributed by atoms with Crippen molar-refractivity contribution in [3.63, 3.8) is 0 Å². The molecule has 3 aromatic rings. The van der Waals surface area contributed by atoms with Crippen molar-refractivity contribution in [1.29, 1.82) is 0 Å². The molecule has 3 heterocycles. The van der Waals surface area contributed by atoms with Gasteiger partial charge in [0.2, 0.25) is 0 Å². The van der Waals surface area contributed by atoms with Crippen LogP contribution >= 0.6 is 0 Å². The summed E-state index contributed by atoms with van der Waals surface area (Å²) in [5, 5.41) is 3.41. The van der Waals surface area contributed by atoms with Crippen LogP contribution in [0.15, 0.2) is 30.6 Å². The third kappa shape index (κ3) is 2.22. The highest BCUT2D eigenvalue weighted by Crippen LogP contribution is 2.27. The maximum atomic E-state index is 4.81. The second-order valence-electron chi connectivity index (χ2n) is 5.82. The number of hydrogen-bond donors (Lipinski definition) is 1. The van der Waals surface area contributed by atoms with E-state index in [4.69, 9.17) is 4.98 Å². The number of nitrogens with zero attached hydrogens (tertiary/aromatic N) is 4. The van der Waals surface area contributed by atoms with Gasteiger partial charge < -0.3 is 9.88 Å². The van der Waals surface area contributed by atoms with Crippen molar-refractivity contribution in [2.75, 3.05) is 5.32 Å². The van der Waals surface area contributed by atoms with Crippen molar-refractivity contribution in [2.45, 2.75) is 39.2 Å². The van der Waals surface area contributed by atoms with Gasteiger partial charge in [-0.15, -0.1) is 0 Å². The molecule has 0 bridgehead atoms. The van der Waals surface area contributed by atoms with E-state index >= 15 is 0 Å². The summed E-state index contributed by atoms with van der Waals surface area (Å²) in [4.78, 5) is 13.7. The molecule has 2 aromatic heterocycles. The van der Waals surface area contributed by atoms with Crippen LogP contribution in [0.25, 0.3) is 11.2 Å². The third-order valence-electron chi connectivity index (χ3n) is 4.29. The summed E-state index contributed by atoms with van der Waals surface area (Å²) < 4.78 is 2.26. The fourth-order valence-corrected chi connectivity index (χ4v) is 3.07. The topological polar surface area (TPSA) is 55.6 Å². The molecule has 1 aliphatic rings. The van der Waals surface area contributed by atoms with E-state index in [0.29, 0.717) is 0 Å². The first-order valence-corrected chi connectivity index (χ1v) is 7.86. The maximum Gasteiger partial charge on any atom is 0.165 e. The number of rotatable bonds is 2. The van der Waals surface area contributed by atoms with Crippen LogP contribution in [-0.4, -0.2) is 19.5 Å². The molecule has 1 aromatic carbocycles. The molecule has 0 saturated carbocycles. The molecule has 22 heavy (non-hydrogen) atoms. The summed E-state index contributed by atoms with van der Waals surface area (Å²) >= 11 is 0. The van der Waals surface area contributed by atoms with Crippen molar-refractivity contribution in [1.82, 2.24) is 19.5 Å². The molecule has 0 spiro atoms. The van der Waals surface area contributed by atoms with E-state index < -0.39 is 0 Å². The van der Waals surface area contributed by atoms with E-state index in [1.54, 1.807) is 6.33 Å². The minimum absolute atomic E-state index is 0.792.